The molecule has 7 nitrogen and oxygen atoms in total. The van der Waals surface area contributed by atoms with E-state index in [0.29, 0.717) is 24.2 Å². The molecule has 0 fully saturated rings. The van der Waals surface area contributed by atoms with Gasteiger partial charge in [-0.05, 0) is 51.4 Å². The van der Waals surface area contributed by atoms with Crippen LogP contribution in [0.15, 0.2) is 24.3 Å². The first kappa shape index (κ1) is 32.5. The summed E-state index contributed by atoms with van der Waals surface area (Å²) in [6, 6.07) is 0. The minimum atomic E-state index is -4.33. The maximum absolute atomic E-state index is 11.8. The summed E-state index contributed by atoms with van der Waals surface area (Å²) < 4.78 is 33.1. The van der Waals surface area contributed by atoms with Crippen molar-refractivity contribution in [3.8, 4) is 0 Å². The highest BCUT2D eigenvalue weighted by molar-refractivity contribution is 7.45. The van der Waals surface area contributed by atoms with Crippen molar-refractivity contribution in [2.24, 2.45) is 0 Å². The van der Waals surface area contributed by atoms with E-state index in [2.05, 4.69) is 31.2 Å². The predicted octanol–water partition coefficient (Wildman–Crippen LogP) is 5.26. The Hall–Kier alpha value is -0.530. The molecule has 0 rings (SSSR count). The molecule has 196 valence electrons. The average molecular weight is 492 g/mol. The molecular weight excluding hydrogens is 441 g/mol. The normalized spacial score (nSPS) is 15.5. The lowest BCUT2D eigenvalue weighted by molar-refractivity contribution is -0.870. The monoisotopic (exact) mass is 491 g/mol. The van der Waals surface area contributed by atoms with Crippen LogP contribution in [0.2, 0.25) is 0 Å². The number of likely N-dealkylation sites (N-methyl/N-ethyl adjacent to an activating group) is 1. The second kappa shape index (κ2) is 20.8. The van der Waals surface area contributed by atoms with Crippen LogP contribution in [0.4, 0.5) is 0 Å². The van der Waals surface area contributed by atoms with E-state index in [9.17, 15) is 9.46 Å². The third kappa shape index (κ3) is 24.4. The van der Waals surface area contributed by atoms with Gasteiger partial charge < -0.3 is 27.9 Å². The van der Waals surface area contributed by atoms with Crippen LogP contribution in [-0.4, -0.2) is 71.8 Å². The zero-order chi connectivity index (χ0) is 24.8. The fourth-order valence-electron chi connectivity index (χ4n) is 2.84. The fraction of sp³-hybridized carbons (Fsp3) is 0.840. The summed E-state index contributed by atoms with van der Waals surface area (Å²) in [5.41, 5.74) is 0. The van der Waals surface area contributed by atoms with Gasteiger partial charge in [0.25, 0.3) is 7.82 Å². The second-order valence-corrected chi connectivity index (χ2v) is 10.8. The van der Waals surface area contributed by atoms with E-state index in [1.165, 1.54) is 45.6 Å². The molecule has 1 unspecified atom stereocenters. The minimum Gasteiger partial charge on any atom is -0.756 e. The number of rotatable bonds is 23. The van der Waals surface area contributed by atoms with E-state index < -0.39 is 13.9 Å². The lowest BCUT2D eigenvalue weighted by Crippen LogP contribution is -2.37. The molecule has 0 heterocycles. The predicted molar refractivity (Wildman–Crippen MR) is 134 cm³/mol. The number of phosphoric ester groups is 1. The molecule has 0 saturated heterocycles. The van der Waals surface area contributed by atoms with Crippen molar-refractivity contribution in [3.63, 3.8) is 0 Å². The van der Waals surface area contributed by atoms with Crippen molar-refractivity contribution >= 4 is 7.82 Å². The van der Waals surface area contributed by atoms with Crippen LogP contribution in [0.1, 0.15) is 71.1 Å². The number of methoxy groups -OCH3 is 1. The van der Waals surface area contributed by atoms with Crippen LogP contribution >= 0.6 is 7.82 Å². The number of phosphoric acid groups is 1. The molecule has 0 aliphatic heterocycles. The summed E-state index contributed by atoms with van der Waals surface area (Å²) in [6.07, 6.45) is 20.4. The van der Waals surface area contributed by atoms with E-state index in [1.54, 1.807) is 0 Å². The SMILES string of the molecule is CCC/C=C\CCCC/C=C\CCCCCOC[C@H](COP(=O)([O-])OCC[N+](C)(C)C)OC. The number of allylic oxidation sites excluding steroid dienone is 4. The lowest BCUT2D eigenvalue weighted by Gasteiger charge is -2.28. The molecule has 0 amide bonds. The average Bonchev–Trinajstić information content (AvgIpc) is 2.74. The molecule has 0 N–H and O–H groups in total. The van der Waals surface area contributed by atoms with Gasteiger partial charge in [-0.3, -0.25) is 4.57 Å². The van der Waals surface area contributed by atoms with Gasteiger partial charge in [0, 0.05) is 13.7 Å². The summed E-state index contributed by atoms with van der Waals surface area (Å²) in [4.78, 5) is 11.8. The number of hydrogen-bond donors (Lipinski definition) is 0. The Bertz CT molecular complexity index is 548. The molecule has 0 spiro atoms. The van der Waals surface area contributed by atoms with Crippen molar-refractivity contribution in [2.45, 2.75) is 77.2 Å². The van der Waals surface area contributed by atoms with Crippen LogP contribution in [0.3, 0.4) is 0 Å². The van der Waals surface area contributed by atoms with Gasteiger partial charge in [0.1, 0.15) is 19.3 Å². The minimum absolute atomic E-state index is 0.0876. The van der Waals surface area contributed by atoms with Crippen molar-refractivity contribution in [1.82, 2.24) is 0 Å². The molecule has 33 heavy (non-hydrogen) atoms. The Balaban J connectivity index is 3.65. The standard InChI is InChI=1S/C25H50NO6P/c1-6-7-8-9-10-11-12-13-14-15-16-17-18-19-21-30-23-25(29-5)24-32-33(27,28)31-22-20-26(2,3)4/h8-9,14-15,25H,6-7,10-13,16-24H2,1-5H3/b9-8-,15-14-/t25-/m1/s1. The first-order valence-corrected chi connectivity index (χ1v) is 14.0. The van der Waals surface area contributed by atoms with Crippen molar-refractivity contribution in [1.29, 1.82) is 0 Å². The van der Waals surface area contributed by atoms with Gasteiger partial charge in [0.05, 0.1) is 34.4 Å². The highest BCUT2D eigenvalue weighted by atomic mass is 31.2. The van der Waals surface area contributed by atoms with Crippen molar-refractivity contribution < 1.29 is 32.5 Å². The molecule has 2 atom stereocenters. The molecule has 0 radical (unpaired) electrons. The van der Waals surface area contributed by atoms with Crippen LogP contribution < -0.4 is 4.89 Å². The molecule has 0 aromatic heterocycles. The molecule has 0 bridgehead atoms. The Morgan fingerprint density at radius 1 is 0.818 bits per heavy atom. The van der Waals surface area contributed by atoms with E-state index in [-0.39, 0.29) is 13.2 Å². The van der Waals surface area contributed by atoms with Gasteiger partial charge in [-0.15, -0.1) is 0 Å². The second-order valence-electron chi connectivity index (χ2n) is 9.39. The first-order valence-electron chi connectivity index (χ1n) is 12.5. The summed E-state index contributed by atoms with van der Waals surface area (Å²) in [5.74, 6) is 0. The molecule has 0 saturated carbocycles. The highest BCUT2D eigenvalue weighted by Crippen LogP contribution is 2.38. The summed E-state index contributed by atoms with van der Waals surface area (Å²) >= 11 is 0. The molecule has 0 aromatic rings. The van der Waals surface area contributed by atoms with Crippen LogP contribution in [0.25, 0.3) is 0 Å². The van der Waals surface area contributed by atoms with Crippen LogP contribution in [0, 0.1) is 0 Å². The number of unbranched alkanes of at least 4 members (excludes halogenated alkanes) is 7. The van der Waals surface area contributed by atoms with Crippen LogP contribution in [-0.2, 0) is 23.1 Å². The van der Waals surface area contributed by atoms with Gasteiger partial charge in [0.15, 0.2) is 0 Å². The Labute approximate surface area is 203 Å². The zero-order valence-corrected chi connectivity index (χ0v) is 22.7. The summed E-state index contributed by atoms with van der Waals surface area (Å²) in [7, 11) is 3.08. The van der Waals surface area contributed by atoms with Gasteiger partial charge in [-0.1, -0.05) is 44.1 Å². The summed E-state index contributed by atoms with van der Waals surface area (Å²) in [5, 5.41) is 0. The number of hydrogen-bond acceptors (Lipinski definition) is 6. The number of quaternary nitrogens is 1. The summed E-state index contributed by atoms with van der Waals surface area (Å²) in [6.45, 7) is 3.68. The van der Waals surface area contributed by atoms with E-state index in [4.69, 9.17) is 18.5 Å². The molecule has 0 aliphatic rings. The van der Waals surface area contributed by atoms with E-state index >= 15 is 0 Å². The van der Waals surface area contributed by atoms with Gasteiger partial charge in [-0.2, -0.15) is 0 Å². The molecular formula is C25H50NO6P. The number of ether oxygens (including phenoxy) is 2. The number of nitrogens with zero attached hydrogens (tertiary/aromatic N) is 1. The maximum Gasteiger partial charge on any atom is 0.268 e. The van der Waals surface area contributed by atoms with Crippen LogP contribution in [0.5, 0.6) is 0 Å². The Morgan fingerprint density at radius 2 is 1.39 bits per heavy atom. The smallest absolute Gasteiger partial charge is 0.268 e. The first-order chi connectivity index (χ1) is 15.7. The maximum atomic E-state index is 11.8. The quantitative estimate of drug-likeness (QED) is 0.0840. The highest BCUT2D eigenvalue weighted by Gasteiger charge is 2.16. The van der Waals surface area contributed by atoms with E-state index in [0.717, 1.165) is 25.7 Å². The largest absolute Gasteiger partial charge is 0.756 e. The zero-order valence-electron chi connectivity index (χ0n) is 21.8. The van der Waals surface area contributed by atoms with Crippen molar-refractivity contribution in [2.75, 3.05) is 61.2 Å². The van der Waals surface area contributed by atoms with Crippen molar-refractivity contribution in [3.05, 3.63) is 24.3 Å². The molecule has 0 aliphatic carbocycles. The van der Waals surface area contributed by atoms with Gasteiger partial charge in [-0.25, -0.2) is 0 Å². The van der Waals surface area contributed by atoms with Gasteiger partial charge in [0.2, 0.25) is 0 Å². The molecule has 8 heteroatoms. The van der Waals surface area contributed by atoms with Gasteiger partial charge >= 0.3 is 0 Å². The Morgan fingerprint density at radius 3 is 1.94 bits per heavy atom. The lowest BCUT2D eigenvalue weighted by atomic mass is 10.1. The fourth-order valence-corrected chi connectivity index (χ4v) is 3.57. The third-order valence-corrected chi connectivity index (χ3v) is 5.97. The van der Waals surface area contributed by atoms with E-state index in [1.807, 2.05) is 21.1 Å². The topological polar surface area (TPSA) is 77.1 Å². The molecule has 0 aromatic carbocycles. The Kier molecular flexibility index (Phi) is 20.5. The third-order valence-electron chi connectivity index (χ3n) is 5.01.